The number of ether oxygens (including phenoxy) is 1. The van der Waals surface area contributed by atoms with Gasteiger partial charge in [-0.15, -0.1) is 0 Å². The van der Waals surface area contributed by atoms with Crippen molar-refractivity contribution in [2.45, 2.75) is 26.8 Å². The van der Waals surface area contributed by atoms with E-state index in [9.17, 15) is 0 Å². The lowest BCUT2D eigenvalue weighted by Gasteiger charge is -2.13. The predicted molar refractivity (Wildman–Crippen MR) is 73.6 cm³/mol. The van der Waals surface area contributed by atoms with Gasteiger partial charge in [-0.25, -0.2) is 4.98 Å². The maximum Gasteiger partial charge on any atom is 0.207 e. The Bertz CT molecular complexity index is 532. The number of methoxy groups -OCH3 is 1. The summed E-state index contributed by atoms with van der Waals surface area (Å²) in [6.07, 6.45) is 3.78. The van der Waals surface area contributed by atoms with Gasteiger partial charge >= 0.3 is 0 Å². The molecule has 2 rings (SSSR count). The SMILES string of the molecule is COc1ccc(Nc2nccn2C(C)C)cc1C. The van der Waals surface area contributed by atoms with Crippen LogP contribution in [0.15, 0.2) is 30.6 Å². The second-order valence-corrected chi connectivity index (χ2v) is 4.56. The highest BCUT2D eigenvalue weighted by Gasteiger charge is 2.07. The Morgan fingerprint density at radius 1 is 1.33 bits per heavy atom. The van der Waals surface area contributed by atoms with E-state index in [1.54, 1.807) is 13.3 Å². The molecule has 1 N–H and O–H groups in total. The minimum absolute atomic E-state index is 0.384. The minimum atomic E-state index is 0.384. The summed E-state index contributed by atoms with van der Waals surface area (Å²) in [7, 11) is 1.68. The number of imidazole rings is 1. The highest BCUT2D eigenvalue weighted by atomic mass is 16.5. The first-order chi connectivity index (χ1) is 8.61. The fraction of sp³-hybridized carbons (Fsp3) is 0.357. The Balaban J connectivity index is 2.23. The van der Waals surface area contributed by atoms with Gasteiger partial charge in [0.25, 0.3) is 0 Å². The number of anilines is 2. The molecule has 0 spiro atoms. The van der Waals surface area contributed by atoms with Crippen LogP contribution in [0.3, 0.4) is 0 Å². The monoisotopic (exact) mass is 245 g/mol. The molecular formula is C14H19N3O. The topological polar surface area (TPSA) is 39.1 Å². The molecule has 0 saturated carbocycles. The molecule has 18 heavy (non-hydrogen) atoms. The maximum absolute atomic E-state index is 5.25. The molecule has 4 nitrogen and oxygen atoms in total. The Labute approximate surface area is 108 Å². The summed E-state index contributed by atoms with van der Waals surface area (Å²) in [5.41, 5.74) is 2.12. The second kappa shape index (κ2) is 5.12. The zero-order valence-corrected chi connectivity index (χ0v) is 11.3. The Kier molecular flexibility index (Phi) is 3.55. The van der Waals surface area contributed by atoms with E-state index in [0.717, 1.165) is 22.9 Å². The number of nitrogens with zero attached hydrogens (tertiary/aromatic N) is 2. The van der Waals surface area contributed by atoms with Gasteiger partial charge < -0.3 is 14.6 Å². The number of rotatable bonds is 4. The van der Waals surface area contributed by atoms with Crippen LogP contribution in [0.5, 0.6) is 5.75 Å². The molecule has 0 aliphatic heterocycles. The molecule has 0 amide bonds. The zero-order chi connectivity index (χ0) is 13.1. The van der Waals surface area contributed by atoms with Crippen molar-refractivity contribution in [1.82, 2.24) is 9.55 Å². The van der Waals surface area contributed by atoms with Gasteiger partial charge in [-0.05, 0) is 44.5 Å². The fourth-order valence-corrected chi connectivity index (χ4v) is 1.91. The molecule has 0 radical (unpaired) electrons. The molecule has 0 unspecified atom stereocenters. The average Bonchev–Trinajstić information content (AvgIpc) is 2.77. The molecule has 0 aliphatic rings. The summed E-state index contributed by atoms with van der Waals surface area (Å²) in [5.74, 6) is 1.75. The number of nitrogens with one attached hydrogen (secondary N) is 1. The summed E-state index contributed by atoms with van der Waals surface area (Å²) in [4.78, 5) is 4.33. The van der Waals surface area contributed by atoms with Gasteiger partial charge in [0.1, 0.15) is 5.75 Å². The molecule has 1 aromatic carbocycles. The van der Waals surface area contributed by atoms with E-state index in [2.05, 4.69) is 34.8 Å². The maximum atomic E-state index is 5.25. The molecule has 4 heteroatoms. The van der Waals surface area contributed by atoms with Crippen molar-refractivity contribution in [2.75, 3.05) is 12.4 Å². The zero-order valence-electron chi connectivity index (χ0n) is 11.3. The minimum Gasteiger partial charge on any atom is -0.496 e. The van der Waals surface area contributed by atoms with Crippen LogP contribution >= 0.6 is 0 Å². The number of hydrogen-bond donors (Lipinski definition) is 1. The van der Waals surface area contributed by atoms with Gasteiger partial charge in [0.05, 0.1) is 7.11 Å². The van der Waals surface area contributed by atoms with E-state index >= 15 is 0 Å². The lowest BCUT2D eigenvalue weighted by Crippen LogP contribution is -2.05. The van der Waals surface area contributed by atoms with Gasteiger partial charge in [0.15, 0.2) is 0 Å². The highest BCUT2D eigenvalue weighted by molar-refractivity contribution is 5.57. The van der Waals surface area contributed by atoms with Gasteiger partial charge in [-0.2, -0.15) is 0 Å². The lowest BCUT2D eigenvalue weighted by molar-refractivity contribution is 0.412. The lowest BCUT2D eigenvalue weighted by atomic mass is 10.2. The van der Waals surface area contributed by atoms with Crippen molar-refractivity contribution in [3.8, 4) is 5.75 Å². The summed E-state index contributed by atoms with van der Waals surface area (Å²) < 4.78 is 7.35. The number of benzene rings is 1. The van der Waals surface area contributed by atoms with Gasteiger partial charge in [0, 0.05) is 24.1 Å². The van der Waals surface area contributed by atoms with Gasteiger partial charge in [-0.3, -0.25) is 0 Å². The number of aromatic nitrogens is 2. The van der Waals surface area contributed by atoms with Crippen LogP contribution in [-0.2, 0) is 0 Å². The summed E-state index contributed by atoms with van der Waals surface area (Å²) >= 11 is 0. The average molecular weight is 245 g/mol. The van der Waals surface area contributed by atoms with Crippen molar-refractivity contribution in [3.05, 3.63) is 36.2 Å². The van der Waals surface area contributed by atoms with Crippen LogP contribution in [0.25, 0.3) is 0 Å². The second-order valence-electron chi connectivity index (χ2n) is 4.56. The quantitative estimate of drug-likeness (QED) is 0.895. The molecule has 0 atom stereocenters. The van der Waals surface area contributed by atoms with Crippen LogP contribution in [0.1, 0.15) is 25.5 Å². The standard InChI is InChI=1S/C14H19N3O/c1-10(2)17-8-7-15-14(17)16-12-5-6-13(18-4)11(3)9-12/h5-10H,1-4H3,(H,15,16). The molecule has 0 aliphatic carbocycles. The fourth-order valence-electron chi connectivity index (χ4n) is 1.91. The Morgan fingerprint density at radius 3 is 2.72 bits per heavy atom. The van der Waals surface area contributed by atoms with Crippen molar-refractivity contribution in [3.63, 3.8) is 0 Å². The first-order valence-corrected chi connectivity index (χ1v) is 6.06. The highest BCUT2D eigenvalue weighted by Crippen LogP contribution is 2.24. The van der Waals surface area contributed by atoms with E-state index < -0.39 is 0 Å². The largest absolute Gasteiger partial charge is 0.496 e. The molecule has 1 heterocycles. The van der Waals surface area contributed by atoms with Crippen LogP contribution in [0.4, 0.5) is 11.6 Å². The third-order valence-electron chi connectivity index (χ3n) is 2.88. The summed E-state index contributed by atoms with van der Waals surface area (Å²) in [5, 5.41) is 3.32. The molecule has 2 aromatic rings. The summed E-state index contributed by atoms with van der Waals surface area (Å²) in [6, 6.07) is 6.39. The van der Waals surface area contributed by atoms with Crippen LogP contribution in [0.2, 0.25) is 0 Å². The van der Waals surface area contributed by atoms with Crippen LogP contribution in [0, 0.1) is 6.92 Å². The molecule has 0 fully saturated rings. The smallest absolute Gasteiger partial charge is 0.207 e. The number of hydrogen-bond acceptors (Lipinski definition) is 3. The van der Waals surface area contributed by atoms with Crippen molar-refractivity contribution >= 4 is 11.6 Å². The third-order valence-corrected chi connectivity index (χ3v) is 2.88. The summed E-state index contributed by atoms with van der Waals surface area (Å²) in [6.45, 7) is 6.29. The van der Waals surface area contributed by atoms with Gasteiger partial charge in [-0.1, -0.05) is 0 Å². The van der Waals surface area contributed by atoms with E-state index in [1.807, 2.05) is 25.3 Å². The van der Waals surface area contributed by atoms with E-state index in [-0.39, 0.29) is 0 Å². The van der Waals surface area contributed by atoms with Crippen molar-refractivity contribution < 1.29 is 4.74 Å². The van der Waals surface area contributed by atoms with Crippen LogP contribution in [-0.4, -0.2) is 16.7 Å². The van der Waals surface area contributed by atoms with Crippen molar-refractivity contribution in [1.29, 1.82) is 0 Å². The Hall–Kier alpha value is -1.97. The number of aryl methyl sites for hydroxylation is 1. The predicted octanol–water partition coefficient (Wildman–Crippen LogP) is 3.52. The van der Waals surface area contributed by atoms with Crippen molar-refractivity contribution in [2.24, 2.45) is 0 Å². The first kappa shape index (κ1) is 12.5. The van der Waals surface area contributed by atoms with Gasteiger partial charge in [0.2, 0.25) is 5.95 Å². The molecular weight excluding hydrogens is 226 g/mol. The third kappa shape index (κ3) is 2.47. The normalized spacial score (nSPS) is 10.7. The molecule has 1 aromatic heterocycles. The van der Waals surface area contributed by atoms with E-state index in [0.29, 0.717) is 6.04 Å². The van der Waals surface area contributed by atoms with E-state index in [1.165, 1.54) is 0 Å². The first-order valence-electron chi connectivity index (χ1n) is 6.06. The van der Waals surface area contributed by atoms with E-state index in [4.69, 9.17) is 4.74 Å². The molecule has 0 bridgehead atoms. The molecule has 96 valence electrons. The molecule has 0 saturated heterocycles. The Morgan fingerprint density at radius 2 is 2.11 bits per heavy atom. The van der Waals surface area contributed by atoms with Crippen LogP contribution < -0.4 is 10.1 Å².